The monoisotopic (exact) mass is 395 g/mol. The fourth-order valence-electron chi connectivity index (χ4n) is 4.72. The quantitative estimate of drug-likeness (QED) is 0.812. The number of nitrogens with one attached hydrogen (secondary N) is 1. The number of H-pyrrole nitrogens is 1. The Morgan fingerprint density at radius 3 is 2.76 bits per heavy atom. The van der Waals surface area contributed by atoms with Gasteiger partial charge in [0.2, 0.25) is 0 Å². The number of fused-ring (bicyclic) bond motifs is 1. The smallest absolute Gasteiger partial charge is 0.329 e. The Morgan fingerprint density at radius 1 is 1.31 bits per heavy atom. The summed E-state index contributed by atoms with van der Waals surface area (Å²) in [5, 5.41) is 9.44. The molecule has 2 fully saturated rings. The molecule has 7 heteroatoms. The van der Waals surface area contributed by atoms with E-state index in [0.717, 1.165) is 55.7 Å². The van der Waals surface area contributed by atoms with Crippen LogP contribution in [0.3, 0.4) is 0 Å². The van der Waals surface area contributed by atoms with Crippen LogP contribution in [0.15, 0.2) is 21.7 Å². The maximum absolute atomic E-state index is 12.5. The Balaban J connectivity index is 1.65. The molecule has 0 bridgehead atoms. The first-order valence-corrected chi connectivity index (χ1v) is 10.5. The number of nitriles is 1. The van der Waals surface area contributed by atoms with Crippen LogP contribution in [0, 0.1) is 24.2 Å². The van der Waals surface area contributed by atoms with Gasteiger partial charge in [-0.2, -0.15) is 5.26 Å². The summed E-state index contributed by atoms with van der Waals surface area (Å²) in [6.07, 6.45) is 3.63. The fourth-order valence-corrected chi connectivity index (χ4v) is 4.72. The Kier molecular flexibility index (Phi) is 5.22. The molecule has 2 atom stereocenters. The Hall–Kier alpha value is -2.59. The number of aromatic amines is 1. The van der Waals surface area contributed by atoms with Gasteiger partial charge in [-0.1, -0.05) is 0 Å². The van der Waals surface area contributed by atoms with Gasteiger partial charge in [0.05, 0.1) is 17.0 Å². The maximum atomic E-state index is 12.5. The van der Waals surface area contributed by atoms with E-state index in [4.69, 9.17) is 5.26 Å². The van der Waals surface area contributed by atoms with Gasteiger partial charge < -0.3 is 9.80 Å². The molecule has 2 aliphatic rings. The van der Waals surface area contributed by atoms with Crippen molar-refractivity contribution >= 4 is 16.6 Å². The molecule has 1 aromatic carbocycles. The molecule has 2 unspecified atom stereocenters. The summed E-state index contributed by atoms with van der Waals surface area (Å²) in [5.41, 5.74) is 2.33. The highest BCUT2D eigenvalue weighted by atomic mass is 16.2. The minimum absolute atomic E-state index is 0.205. The van der Waals surface area contributed by atoms with E-state index in [9.17, 15) is 9.59 Å². The summed E-state index contributed by atoms with van der Waals surface area (Å²) in [7, 11) is 2.09. The third kappa shape index (κ3) is 3.58. The van der Waals surface area contributed by atoms with Crippen LogP contribution < -0.4 is 16.1 Å². The molecule has 0 spiro atoms. The molecule has 1 aliphatic carbocycles. The lowest BCUT2D eigenvalue weighted by Crippen LogP contribution is -2.37. The van der Waals surface area contributed by atoms with Gasteiger partial charge >= 0.3 is 5.69 Å². The van der Waals surface area contributed by atoms with Crippen molar-refractivity contribution in [1.82, 2.24) is 14.5 Å². The second-order valence-electron chi connectivity index (χ2n) is 8.59. The third-order valence-corrected chi connectivity index (χ3v) is 6.76. The SMILES string of the molecule is Cc1c(N2CCC(C(C)N(C)CCC#N)C2)ccc2c(=O)[nH]c(=O)n(C3CC3)c12. The van der Waals surface area contributed by atoms with Crippen LogP contribution in [0.1, 0.15) is 44.2 Å². The van der Waals surface area contributed by atoms with Crippen LogP contribution in [-0.4, -0.2) is 47.2 Å². The van der Waals surface area contributed by atoms with Crippen LogP contribution >= 0.6 is 0 Å². The zero-order valence-corrected chi connectivity index (χ0v) is 17.4. The van der Waals surface area contributed by atoms with Crippen molar-refractivity contribution in [2.24, 2.45) is 5.92 Å². The van der Waals surface area contributed by atoms with Crippen molar-refractivity contribution in [3.8, 4) is 6.07 Å². The van der Waals surface area contributed by atoms with E-state index in [1.54, 1.807) is 4.57 Å². The molecule has 1 saturated carbocycles. The van der Waals surface area contributed by atoms with Crippen LogP contribution in [0.5, 0.6) is 0 Å². The van der Waals surface area contributed by atoms with Gasteiger partial charge in [-0.3, -0.25) is 14.3 Å². The second kappa shape index (κ2) is 7.68. The number of aromatic nitrogens is 2. The molecule has 0 radical (unpaired) electrons. The summed E-state index contributed by atoms with van der Waals surface area (Å²) < 4.78 is 1.79. The van der Waals surface area contributed by atoms with Gasteiger partial charge in [0.1, 0.15) is 0 Å². The lowest BCUT2D eigenvalue weighted by Gasteiger charge is -2.29. The third-order valence-electron chi connectivity index (χ3n) is 6.76. The van der Waals surface area contributed by atoms with Crippen molar-refractivity contribution < 1.29 is 0 Å². The van der Waals surface area contributed by atoms with Crippen molar-refractivity contribution in [1.29, 1.82) is 5.26 Å². The minimum Gasteiger partial charge on any atom is -0.371 e. The minimum atomic E-state index is -0.302. The first-order valence-electron chi connectivity index (χ1n) is 10.5. The second-order valence-corrected chi connectivity index (χ2v) is 8.59. The highest BCUT2D eigenvalue weighted by Gasteiger charge is 2.32. The highest BCUT2D eigenvalue weighted by molar-refractivity contribution is 5.86. The maximum Gasteiger partial charge on any atom is 0.329 e. The molecule has 1 aliphatic heterocycles. The van der Waals surface area contributed by atoms with Crippen LogP contribution in [0.4, 0.5) is 5.69 Å². The van der Waals surface area contributed by atoms with E-state index in [-0.39, 0.29) is 17.3 Å². The molecular formula is C22H29N5O2. The van der Waals surface area contributed by atoms with Gasteiger partial charge in [-0.15, -0.1) is 0 Å². The first kappa shape index (κ1) is 19.7. The van der Waals surface area contributed by atoms with Crippen LogP contribution in [0.25, 0.3) is 10.9 Å². The zero-order valence-electron chi connectivity index (χ0n) is 17.4. The summed E-state index contributed by atoms with van der Waals surface area (Å²) in [4.78, 5) is 32.0. The van der Waals surface area contributed by atoms with E-state index in [2.05, 4.69) is 34.8 Å². The van der Waals surface area contributed by atoms with Crippen LogP contribution in [-0.2, 0) is 0 Å². The molecule has 154 valence electrons. The summed E-state index contributed by atoms with van der Waals surface area (Å²) in [6.45, 7) is 6.97. The molecule has 1 aromatic heterocycles. The fraction of sp³-hybridized carbons (Fsp3) is 0.591. The summed E-state index contributed by atoms with van der Waals surface area (Å²) >= 11 is 0. The molecule has 1 N–H and O–H groups in total. The number of nitrogens with zero attached hydrogens (tertiary/aromatic N) is 4. The topological polar surface area (TPSA) is 85.1 Å². The molecule has 29 heavy (non-hydrogen) atoms. The normalized spacial score (nSPS) is 20.4. The van der Waals surface area contributed by atoms with Crippen molar-refractivity contribution in [2.45, 2.75) is 51.6 Å². The molecule has 4 rings (SSSR count). The van der Waals surface area contributed by atoms with E-state index >= 15 is 0 Å². The number of hydrogen-bond donors (Lipinski definition) is 1. The molecule has 7 nitrogen and oxygen atoms in total. The molecule has 2 aromatic rings. The first-order chi connectivity index (χ1) is 13.9. The zero-order chi connectivity index (χ0) is 20.7. The van der Waals surface area contributed by atoms with Gasteiger partial charge in [-0.25, -0.2) is 4.79 Å². The van der Waals surface area contributed by atoms with Gasteiger partial charge in [0.15, 0.2) is 0 Å². The van der Waals surface area contributed by atoms with Crippen LogP contribution in [0.2, 0.25) is 0 Å². The predicted molar refractivity (Wildman–Crippen MR) is 114 cm³/mol. The lowest BCUT2D eigenvalue weighted by atomic mass is 9.99. The van der Waals surface area contributed by atoms with Crippen molar-refractivity contribution in [3.05, 3.63) is 38.5 Å². The average Bonchev–Trinajstić information content (AvgIpc) is 3.41. The van der Waals surface area contributed by atoms with Gasteiger partial charge in [0.25, 0.3) is 5.56 Å². The molecule has 2 heterocycles. The molecular weight excluding hydrogens is 366 g/mol. The standard InChI is InChI=1S/C22H29N5O2/c1-14-19(26-12-9-16(13-26)15(2)25(3)11-4-10-23)8-7-18-20(14)27(17-5-6-17)22(29)24-21(18)28/h7-8,15-17H,4-6,9,11-13H2,1-3H3,(H,24,28,29). The number of hydrogen-bond acceptors (Lipinski definition) is 5. The lowest BCUT2D eigenvalue weighted by molar-refractivity contribution is 0.203. The van der Waals surface area contributed by atoms with Crippen molar-refractivity contribution in [3.63, 3.8) is 0 Å². The number of aryl methyl sites for hydroxylation is 1. The van der Waals surface area contributed by atoms with E-state index < -0.39 is 0 Å². The summed E-state index contributed by atoms with van der Waals surface area (Å²) in [6, 6.07) is 6.73. The Bertz CT molecular complexity index is 1080. The van der Waals surface area contributed by atoms with E-state index in [1.165, 1.54) is 0 Å². The van der Waals surface area contributed by atoms with Gasteiger partial charge in [0, 0.05) is 43.8 Å². The Labute approximate surface area is 170 Å². The van der Waals surface area contributed by atoms with E-state index in [0.29, 0.717) is 23.8 Å². The molecule has 1 saturated heterocycles. The largest absolute Gasteiger partial charge is 0.371 e. The summed E-state index contributed by atoms with van der Waals surface area (Å²) in [5.74, 6) is 0.526. The van der Waals surface area contributed by atoms with Gasteiger partial charge in [-0.05, 0) is 63.8 Å². The number of rotatable bonds is 6. The predicted octanol–water partition coefficient (Wildman–Crippen LogP) is 2.39. The van der Waals surface area contributed by atoms with Crippen molar-refractivity contribution in [2.75, 3.05) is 31.6 Å². The number of benzene rings is 1. The number of anilines is 1. The van der Waals surface area contributed by atoms with E-state index in [1.807, 2.05) is 19.1 Å². The average molecular weight is 396 g/mol. The Morgan fingerprint density at radius 2 is 2.07 bits per heavy atom. The highest BCUT2D eigenvalue weighted by Crippen LogP contribution is 2.38. The molecule has 0 amide bonds.